The van der Waals surface area contributed by atoms with Crippen molar-refractivity contribution in [2.24, 2.45) is 5.41 Å². The molecular weight excluding hydrogens is 210 g/mol. The third-order valence-corrected chi connectivity index (χ3v) is 3.75. The van der Waals surface area contributed by atoms with Gasteiger partial charge >= 0.3 is 0 Å². The van der Waals surface area contributed by atoms with Crippen molar-refractivity contribution in [2.45, 2.75) is 59.0 Å². The first kappa shape index (κ1) is 12.6. The van der Waals surface area contributed by atoms with Crippen molar-refractivity contribution in [1.29, 1.82) is 0 Å². The van der Waals surface area contributed by atoms with E-state index in [1.165, 1.54) is 37.8 Å². The lowest BCUT2D eigenvalue weighted by Gasteiger charge is -2.14. The van der Waals surface area contributed by atoms with Crippen LogP contribution in [-0.4, -0.2) is 16.3 Å². The summed E-state index contributed by atoms with van der Waals surface area (Å²) in [6.45, 7) is 8.73. The monoisotopic (exact) mass is 235 g/mol. The Labute approximate surface area is 105 Å². The number of aromatic nitrogens is 2. The second-order valence-electron chi connectivity index (χ2n) is 5.78. The zero-order valence-electron chi connectivity index (χ0n) is 11.4. The van der Waals surface area contributed by atoms with E-state index >= 15 is 0 Å². The number of rotatable bonds is 7. The van der Waals surface area contributed by atoms with Crippen molar-refractivity contribution < 1.29 is 0 Å². The van der Waals surface area contributed by atoms with Gasteiger partial charge < -0.3 is 5.32 Å². The minimum Gasteiger partial charge on any atom is -0.312 e. The molecule has 2 rings (SSSR count). The SMILES string of the molecule is CCCC1(CNCc2cnn(C(C)C)c2)CC1. The maximum atomic E-state index is 4.36. The third-order valence-electron chi connectivity index (χ3n) is 3.75. The van der Waals surface area contributed by atoms with Crippen LogP contribution in [0.3, 0.4) is 0 Å². The van der Waals surface area contributed by atoms with Gasteiger partial charge in [-0.3, -0.25) is 4.68 Å². The summed E-state index contributed by atoms with van der Waals surface area (Å²) in [5, 5.41) is 7.95. The molecule has 0 unspecified atom stereocenters. The molecule has 0 aromatic carbocycles. The highest BCUT2D eigenvalue weighted by Crippen LogP contribution is 2.48. The zero-order chi connectivity index (χ0) is 12.3. The lowest BCUT2D eigenvalue weighted by atomic mass is 10.0. The van der Waals surface area contributed by atoms with Crippen LogP contribution in [0.2, 0.25) is 0 Å². The van der Waals surface area contributed by atoms with E-state index in [2.05, 4.69) is 37.4 Å². The first-order valence-electron chi connectivity index (χ1n) is 6.89. The van der Waals surface area contributed by atoms with Crippen molar-refractivity contribution in [1.82, 2.24) is 15.1 Å². The summed E-state index contributed by atoms with van der Waals surface area (Å²) >= 11 is 0. The Balaban J connectivity index is 1.74. The van der Waals surface area contributed by atoms with Crippen LogP contribution in [0.15, 0.2) is 12.4 Å². The Bertz CT molecular complexity index is 350. The number of hydrogen-bond acceptors (Lipinski definition) is 2. The largest absolute Gasteiger partial charge is 0.312 e. The molecule has 1 aliphatic rings. The summed E-state index contributed by atoms with van der Waals surface area (Å²) < 4.78 is 2.02. The van der Waals surface area contributed by atoms with Gasteiger partial charge in [-0.15, -0.1) is 0 Å². The van der Waals surface area contributed by atoms with Crippen molar-refractivity contribution >= 4 is 0 Å². The van der Waals surface area contributed by atoms with Crippen LogP contribution in [0.4, 0.5) is 0 Å². The molecule has 1 aromatic rings. The number of hydrogen-bond donors (Lipinski definition) is 1. The van der Waals surface area contributed by atoms with E-state index in [-0.39, 0.29) is 0 Å². The van der Waals surface area contributed by atoms with Gasteiger partial charge in [0.2, 0.25) is 0 Å². The summed E-state index contributed by atoms with van der Waals surface area (Å²) in [6, 6.07) is 0.457. The van der Waals surface area contributed by atoms with Gasteiger partial charge in [-0.1, -0.05) is 13.3 Å². The zero-order valence-corrected chi connectivity index (χ0v) is 11.4. The standard InChI is InChI=1S/C14H25N3/c1-4-5-14(6-7-14)11-15-8-13-9-16-17(10-13)12(2)3/h9-10,12,15H,4-8,11H2,1-3H3. The lowest BCUT2D eigenvalue weighted by molar-refractivity contribution is 0.420. The topological polar surface area (TPSA) is 29.9 Å². The maximum absolute atomic E-state index is 4.36. The third kappa shape index (κ3) is 3.32. The molecule has 0 aliphatic heterocycles. The second-order valence-corrected chi connectivity index (χ2v) is 5.78. The summed E-state index contributed by atoms with van der Waals surface area (Å²) in [5.74, 6) is 0. The van der Waals surface area contributed by atoms with Crippen LogP contribution < -0.4 is 5.32 Å². The van der Waals surface area contributed by atoms with E-state index in [0.717, 1.165) is 6.54 Å². The molecular formula is C14H25N3. The molecule has 0 spiro atoms. The Morgan fingerprint density at radius 2 is 2.24 bits per heavy atom. The molecule has 0 radical (unpaired) electrons. The molecule has 1 aliphatic carbocycles. The van der Waals surface area contributed by atoms with E-state index in [9.17, 15) is 0 Å². The molecule has 1 N–H and O–H groups in total. The highest BCUT2D eigenvalue weighted by Gasteiger charge is 2.40. The minimum atomic E-state index is 0.457. The van der Waals surface area contributed by atoms with Crippen LogP contribution in [0, 0.1) is 5.41 Å². The number of nitrogens with zero attached hydrogens (tertiary/aromatic N) is 2. The summed E-state index contributed by atoms with van der Waals surface area (Å²) in [4.78, 5) is 0. The van der Waals surface area contributed by atoms with Crippen LogP contribution in [0.5, 0.6) is 0 Å². The first-order valence-corrected chi connectivity index (χ1v) is 6.89. The average Bonchev–Trinajstić information content (AvgIpc) is 2.88. The smallest absolute Gasteiger partial charge is 0.0534 e. The average molecular weight is 235 g/mol. The minimum absolute atomic E-state index is 0.457. The van der Waals surface area contributed by atoms with Gasteiger partial charge in [0.1, 0.15) is 0 Å². The number of nitrogens with one attached hydrogen (secondary N) is 1. The molecule has 1 aromatic heterocycles. The Hall–Kier alpha value is -0.830. The predicted molar refractivity (Wildman–Crippen MR) is 70.9 cm³/mol. The predicted octanol–water partition coefficient (Wildman–Crippen LogP) is 3.13. The molecule has 0 atom stereocenters. The van der Waals surface area contributed by atoms with Gasteiger partial charge in [-0.25, -0.2) is 0 Å². The van der Waals surface area contributed by atoms with Crippen molar-refractivity contribution in [2.75, 3.05) is 6.54 Å². The van der Waals surface area contributed by atoms with Gasteiger partial charge in [0.15, 0.2) is 0 Å². The molecule has 3 heteroatoms. The summed E-state index contributed by atoms with van der Waals surface area (Å²) in [6.07, 6.45) is 9.65. The van der Waals surface area contributed by atoms with E-state index in [4.69, 9.17) is 0 Å². The van der Waals surface area contributed by atoms with Gasteiger partial charge in [-0.2, -0.15) is 5.10 Å². The van der Waals surface area contributed by atoms with E-state index in [1.807, 2.05) is 10.9 Å². The first-order chi connectivity index (χ1) is 8.15. The van der Waals surface area contributed by atoms with Crippen molar-refractivity contribution in [3.8, 4) is 0 Å². The molecule has 0 amide bonds. The van der Waals surface area contributed by atoms with Gasteiger partial charge in [-0.05, 0) is 38.5 Å². The van der Waals surface area contributed by atoms with E-state index in [1.54, 1.807) is 0 Å². The fourth-order valence-electron chi connectivity index (χ4n) is 2.45. The highest BCUT2D eigenvalue weighted by atomic mass is 15.3. The van der Waals surface area contributed by atoms with Gasteiger partial charge in [0.05, 0.1) is 6.20 Å². The lowest BCUT2D eigenvalue weighted by Crippen LogP contribution is -2.23. The summed E-state index contributed by atoms with van der Waals surface area (Å²) in [5.41, 5.74) is 1.94. The van der Waals surface area contributed by atoms with Crippen molar-refractivity contribution in [3.05, 3.63) is 18.0 Å². The molecule has 1 fully saturated rings. The van der Waals surface area contributed by atoms with E-state index in [0.29, 0.717) is 11.5 Å². The van der Waals surface area contributed by atoms with E-state index < -0.39 is 0 Å². The quantitative estimate of drug-likeness (QED) is 0.787. The summed E-state index contributed by atoms with van der Waals surface area (Å²) in [7, 11) is 0. The fourth-order valence-corrected chi connectivity index (χ4v) is 2.45. The van der Waals surface area contributed by atoms with Gasteiger partial charge in [0, 0.05) is 30.9 Å². The molecule has 17 heavy (non-hydrogen) atoms. The normalized spacial score (nSPS) is 17.6. The molecule has 1 saturated carbocycles. The van der Waals surface area contributed by atoms with Crippen LogP contribution in [0.1, 0.15) is 58.1 Å². The Kier molecular flexibility index (Phi) is 3.87. The molecule has 3 nitrogen and oxygen atoms in total. The molecule has 0 saturated heterocycles. The Morgan fingerprint density at radius 1 is 1.47 bits per heavy atom. The van der Waals surface area contributed by atoms with Crippen molar-refractivity contribution in [3.63, 3.8) is 0 Å². The van der Waals surface area contributed by atoms with Crippen LogP contribution >= 0.6 is 0 Å². The molecule has 96 valence electrons. The fraction of sp³-hybridized carbons (Fsp3) is 0.786. The van der Waals surface area contributed by atoms with Crippen LogP contribution in [0.25, 0.3) is 0 Å². The maximum Gasteiger partial charge on any atom is 0.0534 e. The second kappa shape index (κ2) is 5.21. The highest BCUT2D eigenvalue weighted by molar-refractivity contribution is 5.04. The van der Waals surface area contributed by atoms with Crippen LogP contribution in [-0.2, 0) is 6.54 Å². The Morgan fingerprint density at radius 3 is 2.76 bits per heavy atom. The molecule has 0 bridgehead atoms. The molecule has 1 heterocycles. The van der Waals surface area contributed by atoms with Gasteiger partial charge in [0.25, 0.3) is 0 Å².